The summed E-state index contributed by atoms with van der Waals surface area (Å²) in [7, 11) is 0. The van der Waals surface area contributed by atoms with Gasteiger partial charge in [0.15, 0.2) is 0 Å². The summed E-state index contributed by atoms with van der Waals surface area (Å²) in [5.41, 5.74) is -1.21. The van der Waals surface area contributed by atoms with E-state index in [1.165, 1.54) is 6.92 Å². The molecule has 0 aliphatic rings. The van der Waals surface area contributed by atoms with Crippen LogP contribution in [0.2, 0.25) is 0 Å². The lowest BCUT2D eigenvalue weighted by atomic mass is 10.1. The van der Waals surface area contributed by atoms with E-state index in [1.807, 2.05) is 0 Å². The van der Waals surface area contributed by atoms with Gasteiger partial charge in [0.2, 0.25) is 0 Å². The number of ether oxygens (including phenoxy) is 4. The van der Waals surface area contributed by atoms with Crippen LogP contribution in [0.5, 0.6) is 0 Å². The van der Waals surface area contributed by atoms with E-state index in [0.29, 0.717) is 0 Å². The fourth-order valence-electron chi connectivity index (χ4n) is 1.85. The first-order valence-electron chi connectivity index (χ1n) is 9.31. The molecule has 0 radical (unpaired) electrons. The van der Waals surface area contributed by atoms with E-state index in [1.54, 1.807) is 41.5 Å². The molecule has 0 aromatic carbocycles. The van der Waals surface area contributed by atoms with Crippen LogP contribution in [0.15, 0.2) is 12.2 Å². The molecular weight excluding hydrogens is 382 g/mol. The van der Waals surface area contributed by atoms with Crippen LogP contribution in [-0.4, -0.2) is 54.5 Å². The Balaban J connectivity index is 4.81. The monoisotopic (exact) mass is 415 g/mol. The van der Waals surface area contributed by atoms with Crippen molar-refractivity contribution in [3.05, 3.63) is 12.2 Å². The zero-order valence-electron chi connectivity index (χ0n) is 18.4. The van der Waals surface area contributed by atoms with E-state index >= 15 is 0 Å². The Morgan fingerprint density at radius 3 is 1.90 bits per heavy atom. The van der Waals surface area contributed by atoms with Gasteiger partial charge in [-0.25, -0.2) is 14.4 Å². The summed E-state index contributed by atoms with van der Waals surface area (Å²) in [5.74, 6) is -1.91. The Morgan fingerprint density at radius 1 is 0.897 bits per heavy atom. The first-order valence-corrected chi connectivity index (χ1v) is 9.31. The van der Waals surface area contributed by atoms with Gasteiger partial charge in [-0.2, -0.15) is 0 Å². The second-order valence-electron chi connectivity index (χ2n) is 8.41. The average Bonchev–Trinajstić information content (AvgIpc) is 2.51. The molecule has 1 atom stereocenters. The number of carbonyl (C=O) groups is 4. The Bertz CT molecular complexity index is 613. The minimum Gasteiger partial charge on any atom is -0.461 e. The van der Waals surface area contributed by atoms with Gasteiger partial charge in [-0.05, 0) is 54.9 Å². The maximum Gasteiger partial charge on any atom is 0.408 e. The molecule has 0 fully saturated rings. The number of rotatable bonds is 9. The second kappa shape index (κ2) is 11.4. The summed E-state index contributed by atoms with van der Waals surface area (Å²) in [6.07, 6.45) is -0.979. The van der Waals surface area contributed by atoms with Crippen molar-refractivity contribution >= 4 is 24.0 Å². The highest BCUT2D eigenvalue weighted by Gasteiger charge is 2.27. The Hall–Kier alpha value is -2.58. The maximum absolute atomic E-state index is 12.3. The quantitative estimate of drug-likeness (QED) is 0.264. The minimum absolute atomic E-state index is 0.0431. The molecule has 0 aromatic heterocycles. The lowest BCUT2D eigenvalue weighted by molar-refractivity contribution is -0.156. The molecule has 0 rings (SSSR count). The van der Waals surface area contributed by atoms with Crippen molar-refractivity contribution in [2.75, 3.05) is 13.2 Å². The zero-order valence-corrected chi connectivity index (χ0v) is 18.4. The van der Waals surface area contributed by atoms with Gasteiger partial charge in [0.25, 0.3) is 0 Å². The summed E-state index contributed by atoms with van der Waals surface area (Å²) < 4.78 is 20.2. The Labute approximate surface area is 172 Å². The standard InChI is InChI=1S/C20H33NO8/c1-13(2)16(23)26-11-12-27-17(24)14(21-18(25)29-20(6,7)8)9-10-15(22)28-19(3,4)5/h14H,1,9-12H2,2-8H3,(H,21,25)/t14-/m0/s1. The van der Waals surface area contributed by atoms with Gasteiger partial charge >= 0.3 is 24.0 Å². The van der Waals surface area contributed by atoms with E-state index in [4.69, 9.17) is 18.9 Å². The van der Waals surface area contributed by atoms with E-state index in [0.717, 1.165) is 0 Å². The molecule has 0 unspecified atom stereocenters. The summed E-state index contributed by atoms with van der Waals surface area (Å²) >= 11 is 0. The van der Waals surface area contributed by atoms with E-state index in [-0.39, 0.29) is 31.6 Å². The lowest BCUT2D eigenvalue weighted by Crippen LogP contribution is -2.45. The fraction of sp³-hybridized carbons (Fsp3) is 0.700. The van der Waals surface area contributed by atoms with Gasteiger partial charge in [0.05, 0.1) is 0 Å². The first-order chi connectivity index (χ1) is 13.1. The normalized spacial score (nSPS) is 12.4. The third-order valence-corrected chi connectivity index (χ3v) is 2.94. The number of hydrogen-bond acceptors (Lipinski definition) is 8. The van der Waals surface area contributed by atoms with E-state index < -0.39 is 41.2 Å². The highest BCUT2D eigenvalue weighted by Crippen LogP contribution is 2.12. The van der Waals surface area contributed by atoms with Crippen LogP contribution in [0, 0.1) is 0 Å². The van der Waals surface area contributed by atoms with Crippen molar-refractivity contribution in [3.8, 4) is 0 Å². The van der Waals surface area contributed by atoms with Crippen molar-refractivity contribution in [2.45, 2.75) is 78.6 Å². The predicted molar refractivity (Wildman–Crippen MR) is 105 cm³/mol. The number of hydrogen-bond donors (Lipinski definition) is 1. The minimum atomic E-state index is -1.13. The molecule has 1 N–H and O–H groups in total. The molecule has 1 amide bonds. The summed E-state index contributed by atoms with van der Waals surface area (Å²) in [5, 5.41) is 2.39. The molecule has 0 aromatic rings. The van der Waals surface area contributed by atoms with Crippen LogP contribution in [0.4, 0.5) is 4.79 Å². The molecule has 0 spiro atoms. The predicted octanol–water partition coefficient (Wildman–Crippen LogP) is 2.66. The van der Waals surface area contributed by atoms with Crippen molar-refractivity contribution in [1.82, 2.24) is 5.32 Å². The van der Waals surface area contributed by atoms with Crippen LogP contribution in [-0.2, 0) is 33.3 Å². The van der Waals surface area contributed by atoms with Gasteiger partial charge in [-0.15, -0.1) is 0 Å². The highest BCUT2D eigenvalue weighted by molar-refractivity contribution is 5.87. The number of alkyl carbamates (subject to hydrolysis) is 1. The third kappa shape index (κ3) is 14.1. The summed E-state index contributed by atoms with van der Waals surface area (Å²) in [4.78, 5) is 47.5. The molecule has 166 valence electrons. The molecule has 0 saturated carbocycles. The number of amides is 1. The molecular formula is C20H33NO8. The molecule has 0 heterocycles. The maximum atomic E-state index is 12.3. The highest BCUT2D eigenvalue weighted by atomic mass is 16.6. The topological polar surface area (TPSA) is 117 Å². The van der Waals surface area contributed by atoms with E-state index in [9.17, 15) is 19.2 Å². The van der Waals surface area contributed by atoms with Crippen LogP contribution in [0.1, 0.15) is 61.3 Å². The van der Waals surface area contributed by atoms with Crippen LogP contribution >= 0.6 is 0 Å². The summed E-state index contributed by atoms with van der Waals surface area (Å²) in [6.45, 7) is 14.8. The first kappa shape index (κ1) is 26.4. The van der Waals surface area contributed by atoms with Gasteiger partial charge in [-0.1, -0.05) is 6.58 Å². The Morgan fingerprint density at radius 2 is 1.41 bits per heavy atom. The molecule has 0 aliphatic heterocycles. The van der Waals surface area contributed by atoms with Gasteiger partial charge in [0, 0.05) is 12.0 Å². The smallest absolute Gasteiger partial charge is 0.408 e. The molecule has 0 bridgehead atoms. The van der Waals surface area contributed by atoms with Gasteiger partial charge in [0.1, 0.15) is 30.5 Å². The molecule has 0 saturated heterocycles. The summed E-state index contributed by atoms with van der Waals surface area (Å²) in [6, 6.07) is -1.13. The van der Waals surface area contributed by atoms with Gasteiger partial charge < -0.3 is 24.3 Å². The number of nitrogens with one attached hydrogen (secondary N) is 1. The second-order valence-corrected chi connectivity index (χ2v) is 8.41. The molecule has 29 heavy (non-hydrogen) atoms. The Kier molecular flexibility index (Phi) is 10.4. The SMILES string of the molecule is C=C(C)C(=O)OCCOC(=O)[C@H](CCC(=O)OC(C)(C)C)NC(=O)OC(C)(C)C. The van der Waals surface area contributed by atoms with Crippen molar-refractivity contribution in [3.63, 3.8) is 0 Å². The van der Waals surface area contributed by atoms with Gasteiger partial charge in [-0.3, -0.25) is 4.79 Å². The average molecular weight is 415 g/mol. The number of carbonyl (C=O) groups excluding carboxylic acids is 4. The molecule has 9 nitrogen and oxygen atoms in total. The van der Waals surface area contributed by atoms with Crippen molar-refractivity contribution in [2.24, 2.45) is 0 Å². The van der Waals surface area contributed by atoms with Crippen LogP contribution in [0.3, 0.4) is 0 Å². The zero-order chi connectivity index (χ0) is 22.8. The van der Waals surface area contributed by atoms with Crippen LogP contribution in [0.25, 0.3) is 0 Å². The van der Waals surface area contributed by atoms with Crippen molar-refractivity contribution in [1.29, 1.82) is 0 Å². The molecule has 9 heteroatoms. The van der Waals surface area contributed by atoms with Crippen molar-refractivity contribution < 1.29 is 38.1 Å². The lowest BCUT2D eigenvalue weighted by Gasteiger charge is -2.23. The fourth-order valence-corrected chi connectivity index (χ4v) is 1.85. The molecule has 0 aliphatic carbocycles. The largest absolute Gasteiger partial charge is 0.461 e. The van der Waals surface area contributed by atoms with Crippen LogP contribution < -0.4 is 5.32 Å². The third-order valence-electron chi connectivity index (χ3n) is 2.94. The van der Waals surface area contributed by atoms with E-state index in [2.05, 4.69) is 11.9 Å². The number of esters is 3.